The van der Waals surface area contributed by atoms with Gasteiger partial charge in [-0.3, -0.25) is 4.79 Å². The van der Waals surface area contributed by atoms with E-state index in [4.69, 9.17) is 4.42 Å². The van der Waals surface area contributed by atoms with Gasteiger partial charge in [-0.05, 0) is 44.2 Å². The summed E-state index contributed by atoms with van der Waals surface area (Å²) in [5, 5.41) is 4.64. The quantitative estimate of drug-likeness (QED) is 0.769. The lowest BCUT2D eigenvalue weighted by Crippen LogP contribution is -2.91. The van der Waals surface area contributed by atoms with Gasteiger partial charge in [-0.2, -0.15) is 0 Å². The molecule has 0 bridgehead atoms. The molecule has 25 heavy (non-hydrogen) atoms. The fraction of sp³-hybridized carbons (Fsp3) is 0.353. The summed E-state index contributed by atoms with van der Waals surface area (Å²) in [4.78, 5) is 12.5. The van der Waals surface area contributed by atoms with E-state index in [1.807, 2.05) is 18.3 Å². The van der Waals surface area contributed by atoms with Gasteiger partial charge in [0, 0.05) is 19.8 Å². The fourth-order valence-corrected chi connectivity index (χ4v) is 3.31. The second-order valence-corrected chi connectivity index (χ2v) is 8.24. The van der Waals surface area contributed by atoms with Crippen molar-refractivity contribution in [2.24, 2.45) is 0 Å². The number of carbonyl (C=O) groups is 1. The van der Waals surface area contributed by atoms with E-state index in [0.717, 1.165) is 10.1 Å². The first-order valence-electron chi connectivity index (χ1n) is 7.93. The van der Waals surface area contributed by atoms with Crippen molar-refractivity contribution >= 4 is 21.6 Å². The molecule has 0 aliphatic rings. The molecule has 3 N–H and O–H groups in total. The summed E-state index contributed by atoms with van der Waals surface area (Å²) in [6, 6.07) is 9.52. The van der Waals surface area contributed by atoms with Crippen LogP contribution in [0.25, 0.3) is 0 Å². The topological polar surface area (TPSA) is 96.2 Å². The maximum atomic E-state index is 12.4. The van der Waals surface area contributed by atoms with Crippen molar-refractivity contribution in [1.82, 2.24) is 4.31 Å². The van der Waals surface area contributed by atoms with Crippen LogP contribution in [0.5, 0.6) is 0 Å². The highest BCUT2D eigenvalue weighted by atomic mass is 32.2. The number of amides is 1. The van der Waals surface area contributed by atoms with Gasteiger partial charge in [0.05, 0.1) is 11.2 Å². The Labute approximate surface area is 148 Å². The molecule has 0 saturated heterocycles. The smallest absolute Gasteiger partial charge is 0.282 e. The van der Waals surface area contributed by atoms with Crippen molar-refractivity contribution in [1.29, 1.82) is 0 Å². The van der Waals surface area contributed by atoms with E-state index < -0.39 is 10.0 Å². The highest BCUT2D eigenvalue weighted by Gasteiger charge is 2.23. The molecule has 2 aromatic rings. The van der Waals surface area contributed by atoms with Gasteiger partial charge in [-0.25, -0.2) is 12.7 Å². The summed E-state index contributed by atoms with van der Waals surface area (Å²) in [6.07, 6.45) is 1.60. The molecule has 1 amide bonds. The molecule has 0 aliphatic heterocycles. The molecule has 136 valence electrons. The van der Waals surface area contributed by atoms with Crippen molar-refractivity contribution in [3.05, 3.63) is 48.4 Å². The van der Waals surface area contributed by atoms with Gasteiger partial charge >= 0.3 is 0 Å². The predicted octanol–water partition coefficient (Wildman–Crippen LogP) is 1.18. The standard InChI is InChI=1S/C17H23N3O4S/c1-12(16-9-6-10-24-16)18-13(2)17(21)19-14-7-5-8-15(11-14)25(22,23)20(3)4/h5-13,18H,1-4H3,(H,19,21)/p+1/t12-,13+/m1/s1. The molecular weight excluding hydrogens is 342 g/mol. The molecule has 7 nitrogen and oxygen atoms in total. The number of hydrogen-bond acceptors (Lipinski definition) is 4. The van der Waals surface area contributed by atoms with Crippen molar-refractivity contribution in [2.45, 2.75) is 30.8 Å². The van der Waals surface area contributed by atoms with Crippen LogP contribution in [-0.2, 0) is 14.8 Å². The zero-order valence-corrected chi connectivity index (χ0v) is 15.6. The zero-order chi connectivity index (χ0) is 18.6. The highest BCUT2D eigenvalue weighted by molar-refractivity contribution is 7.89. The average Bonchev–Trinajstić information content (AvgIpc) is 3.09. The van der Waals surface area contributed by atoms with Crippen LogP contribution in [0.4, 0.5) is 5.69 Å². The number of carbonyl (C=O) groups excluding carboxylic acids is 1. The Morgan fingerprint density at radius 1 is 1.20 bits per heavy atom. The van der Waals surface area contributed by atoms with E-state index in [1.54, 1.807) is 31.4 Å². The lowest BCUT2D eigenvalue weighted by molar-refractivity contribution is -0.711. The first kappa shape index (κ1) is 19.2. The number of benzene rings is 1. The van der Waals surface area contributed by atoms with Crippen LogP contribution in [0, 0.1) is 0 Å². The van der Waals surface area contributed by atoms with Crippen LogP contribution in [-0.4, -0.2) is 38.8 Å². The SMILES string of the molecule is C[C@H]([NH2+][C@H](C)c1ccco1)C(=O)Nc1cccc(S(=O)(=O)N(C)C)c1. The Bertz CT molecular complexity index is 816. The molecule has 8 heteroatoms. The molecule has 0 aliphatic carbocycles. The van der Waals surface area contributed by atoms with Crippen LogP contribution in [0.1, 0.15) is 25.6 Å². The minimum absolute atomic E-state index is 0.00352. The lowest BCUT2D eigenvalue weighted by Gasteiger charge is -2.16. The molecule has 2 atom stereocenters. The van der Waals surface area contributed by atoms with Crippen molar-refractivity contribution in [3.63, 3.8) is 0 Å². The highest BCUT2D eigenvalue weighted by Crippen LogP contribution is 2.18. The Morgan fingerprint density at radius 2 is 1.92 bits per heavy atom. The van der Waals surface area contributed by atoms with E-state index in [-0.39, 0.29) is 22.9 Å². The van der Waals surface area contributed by atoms with Crippen molar-refractivity contribution in [3.8, 4) is 0 Å². The summed E-state index contributed by atoms with van der Waals surface area (Å²) in [5.41, 5.74) is 0.443. The summed E-state index contributed by atoms with van der Waals surface area (Å²) in [6.45, 7) is 3.74. The third-order valence-electron chi connectivity index (χ3n) is 3.86. The lowest BCUT2D eigenvalue weighted by atomic mass is 10.2. The molecule has 2 rings (SSSR count). The number of rotatable bonds is 7. The van der Waals surface area contributed by atoms with Gasteiger partial charge in [0.2, 0.25) is 10.0 Å². The third kappa shape index (κ3) is 4.68. The number of nitrogens with zero attached hydrogens (tertiary/aromatic N) is 1. The zero-order valence-electron chi connectivity index (χ0n) is 14.8. The maximum absolute atomic E-state index is 12.4. The third-order valence-corrected chi connectivity index (χ3v) is 5.67. The van der Waals surface area contributed by atoms with Crippen LogP contribution in [0.15, 0.2) is 52.0 Å². The summed E-state index contributed by atoms with van der Waals surface area (Å²) in [7, 11) is -0.610. The number of nitrogens with one attached hydrogen (secondary N) is 1. The van der Waals surface area contributed by atoms with E-state index >= 15 is 0 Å². The van der Waals surface area contributed by atoms with Crippen LogP contribution >= 0.6 is 0 Å². The minimum atomic E-state index is -3.54. The van der Waals surface area contributed by atoms with Gasteiger partial charge in [0.1, 0.15) is 6.04 Å². The Morgan fingerprint density at radius 3 is 2.52 bits per heavy atom. The number of sulfonamides is 1. The first-order chi connectivity index (χ1) is 11.7. The molecule has 1 aromatic carbocycles. The molecule has 0 saturated carbocycles. The molecule has 0 spiro atoms. The Hall–Kier alpha value is -2.16. The molecule has 1 heterocycles. The maximum Gasteiger partial charge on any atom is 0.282 e. The second-order valence-electron chi connectivity index (χ2n) is 6.09. The Balaban J connectivity index is 2.05. The number of furan rings is 1. The van der Waals surface area contributed by atoms with Crippen molar-refractivity contribution < 1.29 is 22.9 Å². The minimum Gasteiger partial charge on any atom is -0.463 e. The van der Waals surface area contributed by atoms with Gasteiger partial charge in [-0.15, -0.1) is 0 Å². The van der Waals surface area contributed by atoms with Crippen LogP contribution in [0.3, 0.4) is 0 Å². The van der Waals surface area contributed by atoms with Gasteiger partial charge in [-0.1, -0.05) is 6.07 Å². The largest absolute Gasteiger partial charge is 0.463 e. The van der Waals surface area contributed by atoms with E-state index in [9.17, 15) is 13.2 Å². The van der Waals surface area contributed by atoms with Gasteiger partial charge < -0.3 is 15.1 Å². The number of hydrogen-bond donors (Lipinski definition) is 2. The van der Waals surface area contributed by atoms with Gasteiger partial charge in [0.25, 0.3) is 5.91 Å². The predicted molar refractivity (Wildman–Crippen MR) is 94.5 cm³/mol. The van der Waals surface area contributed by atoms with Crippen LogP contribution in [0.2, 0.25) is 0 Å². The first-order valence-corrected chi connectivity index (χ1v) is 9.37. The number of quaternary nitrogens is 1. The molecule has 0 unspecified atom stereocenters. The monoisotopic (exact) mass is 366 g/mol. The molecule has 0 fully saturated rings. The average molecular weight is 366 g/mol. The molecule has 1 aromatic heterocycles. The normalized spacial score (nSPS) is 14.3. The van der Waals surface area contributed by atoms with E-state index in [2.05, 4.69) is 5.32 Å². The number of anilines is 1. The van der Waals surface area contributed by atoms with Crippen molar-refractivity contribution in [2.75, 3.05) is 19.4 Å². The summed E-state index contributed by atoms with van der Waals surface area (Å²) >= 11 is 0. The Kier molecular flexibility index (Phi) is 5.99. The molecular formula is C17H24N3O4S+. The van der Waals surface area contributed by atoms with E-state index in [1.165, 1.54) is 26.2 Å². The van der Waals surface area contributed by atoms with E-state index in [0.29, 0.717) is 5.69 Å². The van der Waals surface area contributed by atoms with Crippen LogP contribution < -0.4 is 10.6 Å². The summed E-state index contributed by atoms with van der Waals surface area (Å²) in [5.74, 6) is 0.580. The fourth-order valence-electron chi connectivity index (χ4n) is 2.37. The number of nitrogens with two attached hydrogens (primary N) is 1. The second kappa shape index (κ2) is 7.81. The molecule has 0 radical (unpaired) electrons. The summed E-state index contributed by atoms with van der Waals surface area (Å²) < 4.78 is 30.8. The van der Waals surface area contributed by atoms with Gasteiger partial charge in [0.15, 0.2) is 11.8 Å².